The van der Waals surface area contributed by atoms with Gasteiger partial charge in [0.1, 0.15) is 0 Å². The van der Waals surface area contributed by atoms with E-state index >= 15 is 0 Å². The van der Waals surface area contributed by atoms with Gasteiger partial charge in [-0.1, -0.05) is 25.8 Å². The Morgan fingerprint density at radius 1 is 1.26 bits per heavy atom. The fourth-order valence-corrected chi connectivity index (χ4v) is 3.55. The number of primary sulfonamides is 1. The fourth-order valence-electron chi connectivity index (χ4n) is 2.74. The van der Waals surface area contributed by atoms with Crippen LogP contribution in [0.1, 0.15) is 38.2 Å². The molecule has 2 unspecified atom stereocenters. The van der Waals surface area contributed by atoms with Crippen molar-refractivity contribution >= 4 is 15.7 Å². The van der Waals surface area contributed by atoms with Crippen molar-refractivity contribution in [1.82, 2.24) is 0 Å². The Morgan fingerprint density at radius 2 is 1.95 bits per heavy atom. The number of benzene rings is 1. The first-order valence-corrected chi connectivity index (χ1v) is 8.32. The average Bonchev–Trinajstić information content (AvgIpc) is 2.33. The molecule has 1 saturated carbocycles. The van der Waals surface area contributed by atoms with E-state index in [2.05, 4.69) is 12.2 Å². The smallest absolute Gasteiger partial charge is 0.238 e. The molecule has 0 saturated heterocycles. The van der Waals surface area contributed by atoms with Gasteiger partial charge in [0.05, 0.1) is 4.90 Å². The monoisotopic (exact) mass is 282 g/mol. The van der Waals surface area contributed by atoms with Crippen LogP contribution in [0.3, 0.4) is 0 Å². The van der Waals surface area contributed by atoms with Crippen molar-refractivity contribution in [3.8, 4) is 0 Å². The molecule has 106 valence electrons. The van der Waals surface area contributed by atoms with Crippen LogP contribution in [0, 0.1) is 12.8 Å². The van der Waals surface area contributed by atoms with Gasteiger partial charge in [0.15, 0.2) is 0 Å². The molecule has 1 aliphatic carbocycles. The van der Waals surface area contributed by atoms with Crippen LogP contribution in [0.4, 0.5) is 5.69 Å². The lowest BCUT2D eigenvalue weighted by molar-refractivity contribution is 0.349. The number of anilines is 1. The number of aryl methyl sites for hydroxylation is 1. The van der Waals surface area contributed by atoms with E-state index in [1.165, 1.54) is 19.3 Å². The van der Waals surface area contributed by atoms with Crippen LogP contribution in [0.15, 0.2) is 23.1 Å². The number of nitrogens with one attached hydrogen (secondary N) is 1. The number of rotatable bonds is 3. The zero-order valence-electron chi connectivity index (χ0n) is 11.5. The van der Waals surface area contributed by atoms with Crippen LogP contribution in [0.25, 0.3) is 0 Å². The van der Waals surface area contributed by atoms with Crippen LogP contribution < -0.4 is 10.5 Å². The Morgan fingerprint density at radius 3 is 2.58 bits per heavy atom. The summed E-state index contributed by atoms with van der Waals surface area (Å²) in [5.74, 6) is 0.619. The summed E-state index contributed by atoms with van der Waals surface area (Å²) in [4.78, 5) is 0.209. The highest BCUT2D eigenvalue weighted by molar-refractivity contribution is 7.89. The molecule has 0 aromatic heterocycles. The van der Waals surface area contributed by atoms with E-state index in [0.717, 1.165) is 12.1 Å². The molecule has 0 aliphatic heterocycles. The minimum atomic E-state index is -3.65. The van der Waals surface area contributed by atoms with Gasteiger partial charge in [0, 0.05) is 11.7 Å². The van der Waals surface area contributed by atoms with Crippen molar-refractivity contribution in [3.63, 3.8) is 0 Å². The molecule has 2 atom stereocenters. The quantitative estimate of drug-likeness (QED) is 0.895. The second-order valence-corrected chi connectivity index (χ2v) is 7.07. The molecule has 4 nitrogen and oxygen atoms in total. The zero-order chi connectivity index (χ0) is 14.0. The summed E-state index contributed by atoms with van der Waals surface area (Å²) in [6.45, 7) is 4.00. The third-order valence-corrected chi connectivity index (χ3v) is 5.01. The maximum absolute atomic E-state index is 11.5. The van der Waals surface area contributed by atoms with E-state index in [1.807, 2.05) is 6.07 Å². The van der Waals surface area contributed by atoms with Crippen LogP contribution in [-0.2, 0) is 10.0 Å². The van der Waals surface area contributed by atoms with Crippen molar-refractivity contribution in [2.45, 2.75) is 50.5 Å². The fraction of sp³-hybridized carbons (Fsp3) is 0.571. The normalized spacial score (nSPS) is 24.2. The number of hydrogen-bond acceptors (Lipinski definition) is 3. The summed E-state index contributed by atoms with van der Waals surface area (Å²) in [6, 6.07) is 5.79. The third-order valence-electron chi connectivity index (χ3n) is 3.96. The van der Waals surface area contributed by atoms with Crippen molar-refractivity contribution < 1.29 is 8.42 Å². The molecule has 2 rings (SSSR count). The molecule has 19 heavy (non-hydrogen) atoms. The number of nitrogens with two attached hydrogens (primary N) is 1. The molecule has 0 radical (unpaired) electrons. The van der Waals surface area contributed by atoms with Crippen molar-refractivity contribution in [1.29, 1.82) is 0 Å². The van der Waals surface area contributed by atoms with Gasteiger partial charge in [0.2, 0.25) is 10.0 Å². The van der Waals surface area contributed by atoms with Gasteiger partial charge in [-0.3, -0.25) is 0 Å². The molecule has 5 heteroatoms. The Bertz CT molecular complexity index is 555. The lowest BCUT2D eigenvalue weighted by atomic mass is 9.86. The maximum atomic E-state index is 11.5. The van der Waals surface area contributed by atoms with Crippen LogP contribution in [0.2, 0.25) is 0 Å². The number of hydrogen-bond donors (Lipinski definition) is 2. The van der Waals surface area contributed by atoms with Crippen molar-refractivity contribution in [2.24, 2.45) is 11.1 Å². The summed E-state index contributed by atoms with van der Waals surface area (Å²) in [7, 11) is -3.65. The number of sulfonamides is 1. The highest BCUT2D eigenvalue weighted by Crippen LogP contribution is 2.28. The van der Waals surface area contributed by atoms with E-state index in [4.69, 9.17) is 5.14 Å². The first kappa shape index (κ1) is 14.3. The summed E-state index contributed by atoms with van der Waals surface area (Å²) in [6.07, 6.45) is 4.89. The molecule has 1 aliphatic rings. The maximum Gasteiger partial charge on any atom is 0.238 e. The first-order chi connectivity index (χ1) is 8.88. The topological polar surface area (TPSA) is 72.2 Å². The van der Waals surface area contributed by atoms with Gasteiger partial charge >= 0.3 is 0 Å². The summed E-state index contributed by atoms with van der Waals surface area (Å²) in [5.41, 5.74) is 1.53. The van der Waals surface area contributed by atoms with Gasteiger partial charge in [-0.05, 0) is 43.4 Å². The van der Waals surface area contributed by atoms with Gasteiger partial charge in [-0.25, -0.2) is 13.6 Å². The molecular weight excluding hydrogens is 260 g/mol. The van der Waals surface area contributed by atoms with E-state index in [9.17, 15) is 8.42 Å². The van der Waals surface area contributed by atoms with Gasteiger partial charge in [-0.15, -0.1) is 0 Å². The Balaban J connectivity index is 2.22. The molecule has 1 aromatic carbocycles. The molecule has 1 aromatic rings. The first-order valence-electron chi connectivity index (χ1n) is 6.78. The SMILES string of the molecule is Cc1ccc(NC2CCCCC2C)cc1S(N)(=O)=O. The molecule has 0 spiro atoms. The van der Waals surface area contributed by atoms with Gasteiger partial charge < -0.3 is 5.32 Å². The summed E-state index contributed by atoms with van der Waals surface area (Å²) in [5, 5.41) is 8.68. The van der Waals surface area contributed by atoms with E-state index in [1.54, 1.807) is 19.1 Å². The lowest BCUT2D eigenvalue weighted by Crippen LogP contribution is -2.30. The lowest BCUT2D eigenvalue weighted by Gasteiger charge is -2.30. The zero-order valence-corrected chi connectivity index (χ0v) is 12.3. The Labute approximate surface area is 115 Å². The van der Waals surface area contributed by atoms with Crippen LogP contribution in [-0.4, -0.2) is 14.5 Å². The van der Waals surface area contributed by atoms with Gasteiger partial charge in [-0.2, -0.15) is 0 Å². The average molecular weight is 282 g/mol. The van der Waals surface area contributed by atoms with Crippen LogP contribution >= 0.6 is 0 Å². The van der Waals surface area contributed by atoms with E-state index in [0.29, 0.717) is 17.5 Å². The third kappa shape index (κ3) is 3.48. The largest absolute Gasteiger partial charge is 0.382 e. The Hall–Kier alpha value is -1.07. The molecular formula is C14H22N2O2S. The minimum Gasteiger partial charge on any atom is -0.382 e. The van der Waals surface area contributed by atoms with Crippen LogP contribution in [0.5, 0.6) is 0 Å². The molecule has 0 bridgehead atoms. The summed E-state index contributed by atoms with van der Waals surface area (Å²) >= 11 is 0. The van der Waals surface area contributed by atoms with Gasteiger partial charge in [0.25, 0.3) is 0 Å². The standard InChI is InChI=1S/C14H22N2O2S/c1-10-5-3-4-6-13(10)16-12-8-7-11(2)14(9-12)19(15,17)18/h7-10,13,16H,3-6H2,1-2H3,(H2,15,17,18). The molecule has 1 fully saturated rings. The molecule has 3 N–H and O–H groups in total. The second kappa shape index (κ2) is 5.51. The molecule has 0 amide bonds. The minimum absolute atomic E-state index is 0.209. The molecule has 0 heterocycles. The highest BCUT2D eigenvalue weighted by atomic mass is 32.2. The second-order valence-electron chi connectivity index (χ2n) is 5.54. The predicted octanol–water partition coefficient (Wildman–Crippen LogP) is 2.63. The summed E-state index contributed by atoms with van der Waals surface area (Å²) < 4.78 is 23.0. The van der Waals surface area contributed by atoms with Crippen molar-refractivity contribution in [3.05, 3.63) is 23.8 Å². The predicted molar refractivity (Wildman–Crippen MR) is 77.6 cm³/mol. The van der Waals surface area contributed by atoms with E-state index < -0.39 is 10.0 Å². The Kier molecular flexibility index (Phi) is 4.16. The highest BCUT2D eigenvalue weighted by Gasteiger charge is 2.21. The van der Waals surface area contributed by atoms with E-state index in [-0.39, 0.29) is 4.90 Å². The van der Waals surface area contributed by atoms with Crippen molar-refractivity contribution in [2.75, 3.05) is 5.32 Å².